The molecular weight excluding hydrogens is 715 g/mol. The van der Waals surface area contributed by atoms with Gasteiger partial charge in [-0.3, -0.25) is 9.13 Å². The molecule has 0 N–H and O–H groups in total. The summed E-state index contributed by atoms with van der Waals surface area (Å²) in [7, 11) is 0. The van der Waals surface area contributed by atoms with Gasteiger partial charge in [0.15, 0.2) is 0 Å². The van der Waals surface area contributed by atoms with Crippen molar-refractivity contribution < 1.29 is 0 Å². The first kappa shape index (κ1) is 34.4. The first-order valence-corrected chi connectivity index (χ1v) is 20.2. The quantitative estimate of drug-likeness (QED) is 0.151. The molecular formula is C56H39N3. The van der Waals surface area contributed by atoms with Gasteiger partial charge in [0, 0.05) is 44.6 Å². The van der Waals surface area contributed by atoms with E-state index in [0.29, 0.717) is 0 Å². The second-order valence-electron chi connectivity index (χ2n) is 15.0. The molecule has 2 heterocycles. The maximum absolute atomic E-state index is 2.47. The Morgan fingerprint density at radius 3 is 1.20 bits per heavy atom. The zero-order valence-corrected chi connectivity index (χ0v) is 32.4. The fourth-order valence-electron chi connectivity index (χ4n) is 8.82. The second kappa shape index (κ2) is 14.6. The Morgan fingerprint density at radius 1 is 0.288 bits per heavy atom. The van der Waals surface area contributed by atoms with Gasteiger partial charge >= 0.3 is 0 Å². The van der Waals surface area contributed by atoms with E-state index in [-0.39, 0.29) is 0 Å². The van der Waals surface area contributed by atoms with Crippen LogP contribution in [0.5, 0.6) is 0 Å². The fraction of sp³-hybridized carbons (Fsp3) is 0. The van der Waals surface area contributed by atoms with Gasteiger partial charge < -0.3 is 4.90 Å². The molecule has 59 heavy (non-hydrogen) atoms. The van der Waals surface area contributed by atoms with Crippen molar-refractivity contribution in [1.82, 2.24) is 9.13 Å². The monoisotopic (exact) mass is 753 g/mol. The minimum Gasteiger partial charge on any atom is -0.310 e. The number of hydrogen-bond donors (Lipinski definition) is 0. The Labute approximate surface area is 343 Å². The van der Waals surface area contributed by atoms with E-state index in [0.717, 1.165) is 39.6 Å². The molecule has 0 aliphatic carbocycles. The maximum atomic E-state index is 2.47. The second-order valence-corrected chi connectivity index (χ2v) is 15.0. The highest BCUT2D eigenvalue weighted by Gasteiger charge is 2.26. The zero-order valence-electron chi connectivity index (χ0n) is 32.4. The summed E-state index contributed by atoms with van der Waals surface area (Å²) < 4.78 is 4.91. The van der Waals surface area contributed by atoms with Crippen LogP contribution in [-0.2, 0) is 0 Å². The van der Waals surface area contributed by atoms with Crippen LogP contribution in [0.3, 0.4) is 0 Å². The normalized spacial score (nSPS) is 11.4. The van der Waals surface area contributed by atoms with Gasteiger partial charge in [-0.2, -0.15) is 0 Å². The predicted octanol–water partition coefficient (Wildman–Crippen LogP) is 15.2. The maximum Gasteiger partial charge on any atom is 0.131 e. The number of rotatable bonds is 8. The third-order valence-electron chi connectivity index (χ3n) is 11.5. The van der Waals surface area contributed by atoms with Crippen molar-refractivity contribution in [3.8, 4) is 44.8 Å². The highest BCUT2D eigenvalue weighted by molar-refractivity contribution is 6.26. The Morgan fingerprint density at radius 2 is 0.695 bits per heavy atom. The lowest BCUT2D eigenvalue weighted by Gasteiger charge is -2.27. The summed E-state index contributed by atoms with van der Waals surface area (Å²) in [6, 6.07) is 85.3. The minimum absolute atomic E-state index is 1.07. The number of hydrogen-bond acceptors (Lipinski definition) is 1. The topological polar surface area (TPSA) is 13.1 Å². The molecule has 0 amide bonds. The molecule has 11 rings (SSSR count). The van der Waals surface area contributed by atoms with Crippen LogP contribution < -0.4 is 4.90 Å². The van der Waals surface area contributed by atoms with Gasteiger partial charge in [-0.15, -0.1) is 0 Å². The molecule has 3 nitrogen and oxygen atoms in total. The SMILES string of the molecule is c1ccc(-c2ccc(N(c3ccc(-c4ccccc4)cc3)c3cc(-c4ccccc4)c4c5c6ccccc6n(-c6ccccc6)c5n(-c5ccccc5)c4c3)cc2)cc1. The molecule has 0 atom stereocenters. The molecule has 0 saturated heterocycles. The lowest BCUT2D eigenvalue weighted by Crippen LogP contribution is -2.10. The van der Waals surface area contributed by atoms with Crippen molar-refractivity contribution >= 4 is 49.9 Å². The number of fused-ring (bicyclic) bond motifs is 5. The first-order valence-electron chi connectivity index (χ1n) is 20.2. The number of benzene rings is 9. The molecule has 0 bridgehead atoms. The highest BCUT2D eigenvalue weighted by Crippen LogP contribution is 2.48. The van der Waals surface area contributed by atoms with Crippen molar-refractivity contribution in [1.29, 1.82) is 0 Å². The smallest absolute Gasteiger partial charge is 0.131 e. The molecule has 0 aliphatic heterocycles. The Balaban J connectivity index is 1.24. The van der Waals surface area contributed by atoms with Gasteiger partial charge in [-0.05, 0) is 100 Å². The zero-order chi connectivity index (χ0) is 39.1. The van der Waals surface area contributed by atoms with Crippen molar-refractivity contribution in [3.63, 3.8) is 0 Å². The summed E-state index contributed by atoms with van der Waals surface area (Å²) in [5.41, 5.74) is 16.0. The Kier molecular flexibility index (Phi) is 8.49. The van der Waals surface area contributed by atoms with Gasteiger partial charge in [0.2, 0.25) is 0 Å². The lowest BCUT2D eigenvalue weighted by molar-refractivity contribution is 1.07. The van der Waals surface area contributed by atoms with Crippen LogP contribution in [-0.4, -0.2) is 9.13 Å². The largest absolute Gasteiger partial charge is 0.310 e. The van der Waals surface area contributed by atoms with Gasteiger partial charge in [-0.25, -0.2) is 0 Å². The summed E-state index contributed by atoms with van der Waals surface area (Å²) in [4.78, 5) is 2.41. The molecule has 2 aromatic heterocycles. The third-order valence-corrected chi connectivity index (χ3v) is 11.5. The molecule has 0 spiro atoms. The van der Waals surface area contributed by atoms with Crippen molar-refractivity contribution in [2.45, 2.75) is 0 Å². The average Bonchev–Trinajstić information content (AvgIpc) is 3.83. The van der Waals surface area contributed by atoms with Crippen LogP contribution in [0.25, 0.3) is 77.6 Å². The number of anilines is 3. The van der Waals surface area contributed by atoms with Gasteiger partial charge in [-0.1, -0.05) is 170 Å². The van der Waals surface area contributed by atoms with Crippen molar-refractivity contribution in [3.05, 3.63) is 237 Å². The molecule has 0 aliphatic rings. The fourth-order valence-corrected chi connectivity index (χ4v) is 8.82. The van der Waals surface area contributed by atoms with Crippen LogP contribution in [0.4, 0.5) is 17.1 Å². The summed E-state index contributed by atoms with van der Waals surface area (Å²) in [5.74, 6) is 0. The van der Waals surface area contributed by atoms with E-state index >= 15 is 0 Å². The van der Waals surface area contributed by atoms with E-state index in [9.17, 15) is 0 Å². The van der Waals surface area contributed by atoms with Crippen LogP contribution in [0.15, 0.2) is 237 Å². The van der Waals surface area contributed by atoms with Crippen LogP contribution in [0.1, 0.15) is 0 Å². The highest BCUT2D eigenvalue weighted by atomic mass is 15.2. The molecule has 0 fully saturated rings. The van der Waals surface area contributed by atoms with Crippen LogP contribution in [0.2, 0.25) is 0 Å². The van der Waals surface area contributed by atoms with E-state index in [2.05, 4.69) is 251 Å². The van der Waals surface area contributed by atoms with Gasteiger partial charge in [0.25, 0.3) is 0 Å². The molecule has 11 aromatic rings. The summed E-state index contributed by atoms with van der Waals surface area (Å²) in [6.45, 7) is 0. The molecule has 9 aromatic carbocycles. The molecule has 278 valence electrons. The summed E-state index contributed by atoms with van der Waals surface area (Å²) >= 11 is 0. The first-order chi connectivity index (χ1) is 29.3. The molecule has 0 saturated carbocycles. The average molecular weight is 754 g/mol. The van der Waals surface area contributed by atoms with E-state index in [1.54, 1.807) is 0 Å². The Bertz CT molecular complexity index is 3120. The molecule has 0 unspecified atom stereocenters. The van der Waals surface area contributed by atoms with Crippen LogP contribution >= 0.6 is 0 Å². The van der Waals surface area contributed by atoms with E-state index in [1.165, 1.54) is 55.1 Å². The third kappa shape index (κ3) is 6.00. The number of aromatic nitrogens is 2. The van der Waals surface area contributed by atoms with E-state index in [4.69, 9.17) is 0 Å². The summed E-state index contributed by atoms with van der Waals surface area (Å²) in [6.07, 6.45) is 0. The number of para-hydroxylation sites is 3. The van der Waals surface area contributed by atoms with E-state index in [1.807, 2.05) is 0 Å². The number of nitrogens with zero attached hydrogens (tertiary/aromatic N) is 3. The predicted molar refractivity (Wildman–Crippen MR) is 249 cm³/mol. The van der Waals surface area contributed by atoms with Crippen molar-refractivity contribution in [2.24, 2.45) is 0 Å². The van der Waals surface area contributed by atoms with Crippen LogP contribution in [0, 0.1) is 0 Å². The summed E-state index contributed by atoms with van der Waals surface area (Å²) in [5, 5.41) is 3.68. The van der Waals surface area contributed by atoms with Crippen molar-refractivity contribution in [2.75, 3.05) is 4.90 Å². The lowest BCUT2D eigenvalue weighted by atomic mass is 9.97. The molecule has 0 radical (unpaired) electrons. The van der Waals surface area contributed by atoms with E-state index < -0.39 is 0 Å². The minimum atomic E-state index is 1.07. The Hall–Kier alpha value is -7.88. The van der Waals surface area contributed by atoms with Gasteiger partial charge in [0.05, 0.1) is 11.0 Å². The van der Waals surface area contributed by atoms with Gasteiger partial charge in [0.1, 0.15) is 5.65 Å². The standard InChI is InChI=1S/C56H39N3/c1-6-18-40(19-7-1)42-30-34-47(35-31-42)57(48-36-32-43(33-37-48)41-20-8-2-9-21-41)49-38-51(44-22-10-3-11-23-44)54-53(39-49)59(46-26-14-5-15-27-46)56-55(54)50-28-16-17-29-52(50)58(56)45-24-12-4-13-25-45/h1-39H. The molecule has 3 heteroatoms.